The van der Waals surface area contributed by atoms with Crippen LogP contribution in [0.3, 0.4) is 0 Å². The number of carboxylic acid groups (broad SMARTS) is 1. The minimum Gasteiger partial charge on any atom is -0.481 e. The van der Waals surface area contributed by atoms with Gasteiger partial charge in [-0.05, 0) is 26.2 Å². The lowest BCUT2D eigenvalue weighted by molar-refractivity contribution is -0.145. The van der Waals surface area contributed by atoms with Crippen LogP contribution in [0.5, 0.6) is 0 Å². The number of nitrogens with zero attached hydrogens (tertiary/aromatic N) is 2. The highest BCUT2D eigenvalue weighted by atomic mass is 32.1. The van der Waals surface area contributed by atoms with Crippen LogP contribution in [-0.2, 0) is 16.0 Å². The van der Waals surface area contributed by atoms with Crippen molar-refractivity contribution in [2.24, 2.45) is 11.8 Å². The zero-order valence-electron chi connectivity index (χ0n) is 12.5. The molecule has 1 aromatic rings. The third-order valence-electron chi connectivity index (χ3n) is 4.08. The second kappa shape index (κ2) is 7.02. The molecule has 2 unspecified atom stereocenters. The molecule has 0 aromatic carbocycles. The van der Waals surface area contributed by atoms with Gasteiger partial charge in [-0.3, -0.25) is 9.59 Å². The average Bonchev–Trinajstić information content (AvgIpc) is 2.89. The molecule has 116 valence electrons. The number of carbonyl (C=O) groups excluding carboxylic acids is 1. The summed E-state index contributed by atoms with van der Waals surface area (Å²) in [7, 11) is 1.80. The minimum atomic E-state index is -0.770. The van der Waals surface area contributed by atoms with Gasteiger partial charge in [0.1, 0.15) is 0 Å². The van der Waals surface area contributed by atoms with Gasteiger partial charge in [0.05, 0.1) is 10.9 Å². The fraction of sp³-hybridized carbons (Fsp3) is 0.667. The molecule has 2 atom stereocenters. The summed E-state index contributed by atoms with van der Waals surface area (Å²) in [6, 6.07) is 0. The minimum absolute atomic E-state index is 0.0780. The number of aromatic nitrogens is 1. The Morgan fingerprint density at radius 1 is 1.43 bits per heavy atom. The van der Waals surface area contributed by atoms with Crippen molar-refractivity contribution in [1.29, 1.82) is 0 Å². The van der Waals surface area contributed by atoms with Crippen LogP contribution in [0.25, 0.3) is 0 Å². The third-order valence-corrected chi connectivity index (χ3v) is 5.05. The first-order chi connectivity index (χ1) is 9.97. The van der Waals surface area contributed by atoms with Crippen LogP contribution in [0, 0.1) is 18.8 Å². The van der Waals surface area contributed by atoms with Crippen molar-refractivity contribution in [3.8, 4) is 0 Å². The number of carbonyl (C=O) groups is 2. The van der Waals surface area contributed by atoms with E-state index in [0.29, 0.717) is 19.4 Å². The second-order valence-electron chi connectivity index (χ2n) is 5.77. The fourth-order valence-electron chi connectivity index (χ4n) is 2.84. The molecule has 0 spiro atoms. The molecule has 2 rings (SSSR count). The number of hydrogen-bond donors (Lipinski definition) is 1. The van der Waals surface area contributed by atoms with E-state index in [0.717, 1.165) is 24.3 Å². The number of carboxylic acids is 1. The van der Waals surface area contributed by atoms with Gasteiger partial charge in [-0.15, -0.1) is 11.3 Å². The Morgan fingerprint density at radius 2 is 2.14 bits per heavy atom. The summed E-state index contributed by atoms with van der Waals surface area (Å²) in [4.78, 5) is 30.7. The first-order valence-electron chi connectivity index (χ1n) is 7.36. The van der Waals surface area contributed by atoms with Gasteiger partial charge in [0.15, 0.2) is 0 Å². The van der Waals surface area contributed by atoms with E-state index < -0.39 is 5.97 Å². The molecule has 1 aromatic heterocycles. The molecule has 1 N–H and O–H groups in total. The molecule has 1 fully saturated rings. The maximum Gasteiger partial charge on any atom is 0.306 e. The molecule has 6 heteroatoms. The molecule has 0 aliphatic heterocycles. The van der Waals surface area contributed by atoms with E-state index in [1.165, 1.54) is 4.88 Å². The van der Waals surface area contributed by atoms with Crippen molar-refractivity contribution in [2.75, 3.05) is 13.6 Å². The fourth-order valence-corrected chi connectivity index (χ4v) is 3.62. The van der Waals surface area contributed by atoms with Crippen molar-refractivity contribution in [2.45, 2.75) is 39.0 Å². The van der Waals surface area contributed by atoms with E-state index >= 15 is 0 Å². The van der Waals surface area contributed by atoms with Crippen molar-refractivity contribution < 1.29 is 14.7 Å². The van der Waals surface area contributed by atoms with Crippen molar-refractivity contribution in [1.82, 2.24) is 9.88 Å². The lowest BCUT2D eigenvalue weighted by Crippen LogP contribution is -2.37. The van der Waals surface area contributed by atoms with Gasteiger partial charge in [0.2, 0.25) is 5.91 Å². The van der Waals surface area contributed by atoms with Crippen molar-refractivity contribution >= 4 is 23.2 Å². The first kappa shape index (κ1) is 15.9. The van der Waals surface area contributed by atoms with Gasteiger partial charge in [-0.25, -0.2) is 4.98 Å². The molecule has 1 amide bonds. The lowest BCUT2D eigenvalue weighted by atomic mass is 9.81. The highest BCUT2D eigenvalue weighted by Gasteiger charge is 2.32. The van der Waals surface area contributed by atoms with Crippen LogP contribution in [0.2, 0.25) is 0 Å². The molecule has 1 aliphatic rings. The Kier molecular flexibility index (Phi) is 5.33. The smallest absolute Gasteiger partial charge is 0.306 e. The monoisotopic (exact) mass is 310 g/mol. The summed E-state index contributed by atoms with van der Waals surface area (Å²) in [6.07, 6.45) is 5.42. The van der Waals surface area contributed by atoms with E-state index in [2.05, 4.69) is 4.98 Å². The molecular weight excluding hydrogens is 288 g/mol. The largest absolute Gasteiger partial charge is 0.481 e. The average molecular weight is 310 g/mol. The van der Waals surface area contributed by atoms with Gasteiger partial charge in [-0.1, -0.05) is 6.42 Å². The normalized spacial score (nSPS) is 22.0. The van der Waals surface area contributed by atoms with Crippen molar-refractivity contribution in [3.63, 3.8) is 0 Å². The van der Waals surface area contributed by atoms with E-state index in [-0.39, 0.29) is 17.7 Å². The maximum absolute atomic E-state index is 12.4. The Labute approximate surface area is 129 Å². The molecule has 1 aliphatic carbocycles. The first-order valence-corrected chi connectivity index (χ1v) is 8.18. The van der Waals surface area contributed by atoms with Crippen LogP contribution in [-0.4, -0.2) is 40.5 Å². The number of amides is 1. The van der Waals surface area contributed by atoms with E-state index in [4.69, 9.17) is 5.11 Å². The number of hydrogen-bond acceptors (Lipinski definition) is 4. The Hall–Kier alpha value is -1.43. The number of thiazole rings is 1. The Morgan fingerprint density at radius 3 is 2.76 bits per heavy atom. The van der Waals surface area contributed by atoms with Crippen LogP contribution < -0.4 is 0 Å². The quantitative estimate of drug-likeness (QED) is 0.906. The molecule has 5 nitrogen and oxygen atoms in total. The van der Waals surface area contributed by atoms with E-state index in [1.54, 1.807) is 23.3 Å². The van der Waals surface area contributed by atoms with Crippen LogP contribution >= 0.6 is 11.3 Å². The van der Waals surface area contributed by atoms with Crippen molar-refractivity contribution in [3.05, 3.63) is 16.1 Å². The summed E-state index contributed by atoms with van der Waals surface area (Å²) < 4.78 is 0. The second-order valence-corrected chi connectivity index (χ2v) is 7.09. The standard InChI is InChI=1S/C15H22N2O3S/c1-10-9-16-13(21-10)6-7-17(2)14(18)11-4-3-5-12(8-11)15(19)20/h9,11-12H,3-8H2,1-2H3,(H,19,20). The number of aliphatic carboxylic acids is 1. The number of rotatable bonds is 5. The molecule has 0 radical (unpaired) electrons. The SMILES string of the molecule is Cc1cnc(CCN(C)C(=O)C2CCCC(C(=O)O)C2)s1. The lowest BCUT2D eigenvalue weighted by Gasteiger charge is -2.29. The molecule has 21 heavy (non-hydrogen) atoms. The Bertz CT molecular complexity index is 515. The summed E-state index contributed by atoms with van der Waals surface area (Å²) in [5.74, 6) is -1.19. The summed E-state index contributed by atoms with van der Waals surface area (Å²) in [5, 5.41) is 10.1. The van der Waals surface area contributed by atoms with Crippen LogP contribution in [0.1, 0.15) is 35.6 Å². The molecule has 0 saturated heterocycles. The maximum atomic E-state index is 12.4. The van der Waals surface area contributed by atoms with Crippen LogP contribution in [0.15, 0.2) is 6.20 Å². The molecule has 1 saturated carbocycles. The van der Waals surface area contributed by atoms with Crippen LogP contribution in [0.4, 0.5) is 0 Å². The van der Waals surface area contributed by atoms with Gasteiger partial charge in [0.25, 0.3) is 0 Å². The molecular formula is C15H22N2O3S. The van der Waals surface area contributed by atoms with Gasteiger partial charge in [-0.2, -0.15) is 0 Å². The zero-order valence-corrected chi connectivity index (χ0v) is 13.4. The van der Waals surface area contributed by atoms with E-state index in [9.17, 15) is 9.59 Å². The predicted molar refractivity (Wildman–Crippen MR) is 81.3 cm³/mol. The molecule has 1 heterocycles. The van der Waals surface area contributed by atoms with Gasteiger partial charge < -0.3 is 10.0 Å². The topological polar surface area (TPSA) is 70.5 Å². The van der Waals surface area contributed by atoms with Gasteiger partial charge >= 0.3 is 5.97 Å². The van der Waals surface area contributed by atoms with Gasteiger partial charge in [0, 0.05) is 37.0 Å². The third kappa shape index (κ3) is 4.27. The Balaban J connectivity index is 1.85. The highest BCUT2D eigenvalue weighted by molar-refractivity contribution is 7.11. The number of aryl methyl sites for hydroxylation is 1. The summed E-state index contributed by atoms with van der Waals surface area (Å²) in [6.45, 7) is 2.66. The summed E-state index contributed by atoms with van der Waals surface area (Å²) >= 11 is 1.65. The predicted octanol–water partition coefficient (Wildman–Crippen LogP) is 2.34. The summed E-state index contributed by atoms with van der Waals surface area (Å²) in [5.41, 5.74) is 0. The zero-order chi connectivity index (χ0) is 15.4. The number of likely N-dealkylation sites (N-methyl/N-ethyl adjacent to an activating group) is 1. The molecule has 0 bridgehead atoms. The highest BCUT2D eigenvalue weighted by Crippen LogP contribution is 2.30. The van der Waals surface area contributed by atoms with E-state index in [1.807, 2.05) is 13.1 Å².